The summed E-state index contributed by atoms with van der Waals surface area (Å²) in [5, 5.41) is 15.2. The monoisotopic (exact) mass is 481 g/mol. The van der Waals surface area contributed by atoms with E-state index < -0.39 is 5.60 Å². The van der Waals surface area contributed by atoms with E-state index in [0.717, 1.165) is 42.6 Å². The van der Waals surface area contributed by atoms with Gasteiger partial charge >= 0.3 is 0 Å². The van der Waals surface area contributed by atoms with Crippen LogP contribution < -0.4 is 0 Å². The maximum atomic E-state index is 13.8. The Hall–Kier alpha value is -1.20. The molecule has 1 aromatic heterocycles. The molecule has 5 heteroatoms. The number of ketones is 1. The van der Waals surface area contributed by atoms with Crippen LogP contribution in [0.3, 0.4) is 0 Å². The summed E-state index contributed by atoms with van der Waals surface area (Å²) in [7, 11) is 0. The van der Waals surface area contributed by atoms with Gasteiger partial charge in [0.05, 0.1) is 18.3 Å². The molecular weight excluding hydrogens is 434 g/mol. The van der Waals surface area contributed by atoms with E-state index >= 15 is 0 Å². The standard InChI is InChI=1S/C30H47N3O2/c1-20-16-31-33(17-20)19-27(34)26-14-22(18-32-12-4-5-13-32)28-25-7-6-21-15-29(2,35)10-8-23(21)24(25)9-11-30(26,28)3/h16-17,21-26,28,35H,4-15,18-19H2,1-3H3/t21-,22+,23+,24-,25-,26-,28+,29-,30-/m1/s1. The van der Waals surface area contributed by atoms with Gasteiger partial charge in [-0.3, -0.25) is 9.48 Å². The summed E-state index contributed by atoms with van der Waals surface area (Å²) >= 11 is 0. The highest BCUT2D eigenvalue weighted by Gasteiger charge is 2.62. The lowest BCUT2D eigenvalue weighted by molar-refractivity contribution is -0.134. The molecule has 0 amide bonds. The average Bonchev–Trinajstić information content (AvgIpc) is 3.53. The third-order valence-electron chi connectivity index (χ3n) is 11.5. The summed E-state index contributed by atoms with van der Waals surface area (Å²) in [4.78, 5) is 16.5. The summed E-state index contributed by atoms with van der Waals surface area (Å²) in [5.41, 5.74) is 0.812. The van der Waals surface area contributed by atoms with E-state index in [2.05, 4.69) is 30.8 Å². The van der Waals surface area contributed by atoms with Crippen molar-refractivity contribution in [1.29, 1.82) is 0 Å². The van der Waals surface area contributed by atoms with Crippen molar-refractivity contribution in [2.75, 3.05) is 19.6 Å². The van der Waals surface area contributed by atoms with Crippen LogP contribution in [-0.4, -0.2) is 50.8 Å². The van der Waals surface area contributed by atoms with Crippen molar-refractivity contribution in [3.05, 3.63) is 18.0 Å². The Morgan fingerprint density at radius 3 is 2.60 bits per heavy atom. The fourth-order valence-corrected chi connectivity index (χ4v) is 10.2. The Morgan fingerprint density at radius 2 is 1.86 bits per heavy atom. The highest BCUT2D eigenvalue weighted by molar-refractivity contribution is 5.82. The van der Waals surface area contributed by atoms with Crippen LogP contribution in [0.4, 0.5) is 0 Å². The van der Waals surface area contributed by atoms with Gasteiger partial charge in [0.1, 0.15) is 0 Å². The third-order valence-corrected chi connectivity index (χ3v) is 11.5. The molecule has 1 aliphatic heterocycles. The smallest absolute Gasteiger partial charge is 0.157 e. The van der Waals surface area contributed by atoms with Gasteiger partial charge in [-0.05, 0) is 138 Å². The Morgan fingerprint density at radius 1 is 1.09 bits per heavy atom. The minimum Gasteiger partial charge on any atom is -0.390 e. The topological polar surface area (TPSA) is 58.4 Å². The van der Waals surface area contributed by atoms with E-state index in [1.54, 1.807) is 0 Å². The van der Waals surface area contributed by atoms with Crippen LogP contribution in [-0.2, 0) is 11.3 Å². The van der Waals surface area contributed by atoms with Crippen molar-refractivity contribution in [3.8, 4) is 0 Å². The number of nitrogens with zero attached hydrogens (tertiary/aromatic N) is 3. The van der Waals surface area contributed by atoms with Crippen molar-refractivity contribution in [1.82, 2.24) is 14.7 Å². The van der Waals surface area contributed by atoms with Gasteiger partial charge in [0, 0.05) is 18.7 Å². The highest BCUT2D eigenvalue weighted by Crippen LogP contribution is 2.66. The molecule has 0 bridgehead atoms. The van der Waals surface area contributed by atoms with E-state index in [9.17, 15) is 9.90 Å². The summed E-state index contributed by atoms with van der Waals surface area (Å²) in [5.74, 6) is 5.03. The minimum absolute atomic E-state index is 0.137. The van der Waals surface area contributed by atoms with Gasteiger partial charge < -0.3 is 10.0 Å². The maximum Gasteiger partial charge on any atom is 0.157 e. The zero-order valence-corrected chi connectivity index (χ0v) is 22.3. The Labute approximate surface area is 212 Å². The molecule has 5 aliphatic rings. The molecule has 0 aromatic carbocycles. The van der Waals surface area contributed by atoms with Crippen LogP contribution in [0, 0.1) is 53.8 Å². The molecule has 5 nitrogen and oxygen atoms in total. The van der Waals surface area contributed by atoms with E-state index in [-0.39, 0.29) is 11.3 Å². The summed E-state index contributed by atoms with van der Waals surface area (Å²) in [6, 6.07) is 0. The number of aryl methyl sites for hydroxylation is 1. The number of fused-ring (bicyclic) bond motifs is 5. The number of hydrogen-bond donors (Lipinski definition) is 1. The quantitative estimate of drug-likeness (QED) is 0.635. The van der Waals surface area contributed by atoms with E-state index in [4.69, 9.17) is 0 Å². The summed E-state index contributed by atoms with van der Waals surface area (Å²) in [6.45, 7) is 10.8. The number of likely N-dealkylation sites (tertiary alicyclic amines) is 1. The molecule has 35 heavy (non-hydrogen) atoms. The van der Waals surface area contributed by atoms with Gasteiger partial charge in [0.2, 0.25) is 0 Å². The Bertz CT molecular complexity index is 934. The van der Waals surface area contributed by atoms with Crippen LogP contribution in [0.15, 0.2) is 12.4 Å². The van der Waals surface area contributed by atoms with Crippen LogP contribution in [0.25, 0.3) is 0 Å². The lowest BCUT2D eigenvalue weighted by Crippen LogP contribution is -2.52. The number of aromatic nitrogens is 2. The van der Waals surface area contributed by atoms with Crippen molar-refractivity contribution in [2.45, 2.75) is 97.1 Å². The van der Waals surface area contributed by atoms with Gasteiger partial charge in [-0.15, -0.1) is 0 Å². The molecule has 1 N–H and O–H groups in total. The molecule has 2 heterocycles. The molecule has 5 fully saturated rings. The largest absolute Gasteiger partial charge is 0.390 e. The lowest BCUT2D eigenvalue weighted by atomic mass is 9.48. The molecule has 194 valence electrons. The van der Waals surface area contributed by atoms with Gasteiger partial charge in [-0.1, -0.05) is 6.92 Å². The molecule has 9 atom stereocenters. The van der Waals surface area contributed by atoms with Crippen molar-refractivity contribution >= 4 is 5.78 Å². The van der Waals surface area contributed by atoms with Gasteiger partial charge in [-0.25, -0.2) is 0 Å². The van der Waals surface area contributed by atoms with Crippen LogP contribution in [0.5, 0.6) is 0 Å². The molecule has 4 aliphatic carbocycles. The van der Waals surface area contributed by atoms with Crippen LogP contribution in [0.1, 0.15) is 83.6 Å². The van der Waals surface area contributed by atoms with E-state index in [1.165, 1.54) is 64.6 Å². The predicted molar refractivity (Wildman–Crippen MR) is 138 cm³/mol. The van der Waals surface area contributed by atoms with Crippen LogP contribution >= 0.6 is 0 Å². The lowest BCUT2D eigenvalue weighted by Gasteiger charge is -2.57. The summed E-state index contributed by atoms with van der Waals surface area (Å²) in [6.07, 6.45) is 15.9. The van der Waals surface area contributed by atoms with Gasteiger partial charge in [-0.2, -0.15) is 5.10 Å². The zero-order valence-electron chi connectivity index (χ0n) is 22.3. The fraction of sp³-hybridized carbons (Fsp3) is 0.867. The molecule has 0 radical (unpaired) electrons. The van der Waals surface area contributed by atoms with Crippen molar-refractivity contribution < 1.29 is 9.90 Å². The van der Waals surface area contributed by atoms with E-state index in [1.807, 2.05) is 17.1 Å². The molecule has 0 unspecified atom stereocenters. The van der Waals surface area contributed by atoms with Gasteiger partial charge in [0.25, 0.3) is 0 Å². The minimum atomic E-state index is -0.453. The number of carbonyl (C=O) groups is 1. The first kappa shape index (κ1) is 24.2. The number of rotatable bonds is 5. The number of aliphatic hydroxyl groups is 1. The highest BCUT2D eigenvalue weighted by atomic mass is 16.3. The first-order valence-electron chi connectivity index (χ1n) is 14.7. The second-order valence-electron chi connectivity index (χ2n) is 13.9. The van der Waals surface area contributed by atoms with Crippen LogP contribution in [0.2, 0.25) is 0 Å². The first-order chi connectivity index (χ1) is 16.7. The fourth-order valence-electron chi connectivity index (χ4n) is 10.2. The first-order valence-corrected chi connectivity index (χ1v) is 14.7. The Kier molecular flexibility index (Phi) is 6.19. The van der Waals surface area contributed by atoms with E-state index in [0.29, 0.717) is 30.1 Å². The maximum absolute atomic E-state index is 13.8. The molecule has 6 rings (SSSR count). The van der Waals surface area contributed by atoms with Crippen molar-refractivity contribution in [2.24, 2.45) is 46.8 Å². The Balaban J connectivity index is 1.26. The number of hydrogen-bond acceptors (Lipinski definition) is 4. The molecule has 0 spiro atoms. The van der Waals surface area contributed by atoms with Crippen molar-refractivity contribution in [3.63, 3.8) is 0 Å². The summed E-state index contributed by atoms with van der Waals surface area (Å²) < 4.78 is 1.87. The zero-order chi connectivity index (χ0) is 24.4. The molecule has 1 aromatic rings. The second kappa shape index (κ2) is 8.97. The SMILES string of the molecule is Cc1cnn(CC(=O)[C@H]2C[C@@H](CN3CCCC3)[C@H]3[C@@H]4CC[C@@H]5C[C@](C)(O)CC[C@@H]5[C@H]4CC[C@@]32C)c1. The second-order valence-corrected chi connectivity index (χ2v) is 13.9. The molecule has 4 saturated carbocycles. The normalized spacial score (nSPS) is 45.7. The molecular formula is C30H47N3O2. The number of carbonyl (C=O) groups excluding carboxylic acids is 1. The van der Waals surface area contributed by atoms with Gasteiger partial charge in [0.15, 0.2) is 5.78 Å². The third kappa shape index (κ3) is 4.33. The molecule has 1 saturated heterocycles. The number of Topliss-reactive ketones (excluding diaryl/α,β-unsaturated/α-hetero) is 1. The predicted octanol–water partition coefficient (Wildman–Crippen LogP) is 5.10. The average molecular weight is 482 g/mol.